The van der Waals surface area contributed by atoms with E-state index in [1.54, 1.807) is 23.7 Å². The number of carbonyl (C=O) groups excluding carboxylic acids is 1. The largest absolute Gasteiger partial charge is 0.342 e. The molecule has 2 aromatic heterocycles. The second-order valence-corrected chi connectivity index (χ2v) is 5.50. The van der Waals surface area contributed by atoms with Crippen LogP contribution in [0.4, 0.5) is 0 Å². The van der Waals surface area contributed by atoms with Gasteiger partial charge in [-0.3, -0.25) is 9.78 Å². The van der Waals surface area contributed by atoms with Crippen molar-refractivity contribution in [2.75, 3.05) is 13.1 Å². The lowest BCUT2D eigenvalue weighted by molar-refractivity contribution is -0.129. The fraction of sp³-hybridized carbons (Fsp3) is 0.357. The fourth-order valence-electron chi connectivity index (χ4n) is 2.25. The Bertz CT molecular complexity index is 561. The van der Waals surface area contributed by atoms with Crippen molar-refractivity contribution in [1.29, 1.82) is 0 Å². The number of thiazole rings is 1. The van der Waals surface area contributed by atoms with E-state index in [2.05, 4.69) is 9.97 Å². The lowest BCUT2D eigenvalue weighted by Gasteiger charge is -2.13. The molecule has 1 saturated heterocycles. The first kappa shape index (κ1) is 12.3. The molecule has 3 heterocycles. The van der Waals surface area contributed by atoms with Crippen LogP contribution in [0.5, 0.6) is 0 Å². The van der Waals surface area contributed by atoms with Crippen molar-refractivity contribution in [1.82, 2.24) is 14.9 Å². The van der Waals surface area contributed by atoms with Crippen molar-refractivity contribution in [3.63, 3.8) is 0 Å². The third-order valence-electron chi connectivity index (χ3n) is 3.27. The van der Waals surface area contributed by atoms with E-state index in [0.29, 0.717) is 6.42 Å². The van der Waals surface area contributed by atoms with Crippen LogP contribution in [-0.2, 0) is 11.2 Å². The minimum atomic E-state index is 0.198. The van der Waals surface area contributed by atoms with Gasteiger partial charge in [0.05, 0.1) is 12.1 Å². The van der Waals surface area contributed by atoms with Gasteiger partial charge in [-0.25, -0.2) is 4.98 Å². The lowest BCUT2D eigenvalue weighted by Crippen LogP contribution is -2.29. The van der Waals surface area contributed by atoms with Crippen molar-refractivity contribution >= 4 is 17.2 Å². The molecule has 1 amide bonds. The molecule has 0 aliphatic carbocycles. The number of hydrogen-bond acceptors (Lipinski definition) is 4. The second-order valence-electron chi connectivity index (χ2n) is 4.64. The van der Waals surface area contributed by atoms with Gasteiger partial charge in [-0.05, 0) is 25.0 Å². The third-order valence-corrected chi connectivity index (χ3v) is 4.21. The summed E-state index contributed by atoms with van der Waals surface area (Å²) < 4.78 is 0. The molecule has 0 N–H and O–H groups in total. The highest BCUT2D eigenvalue weighted by Crippen LogP contribution is 2.23. The van der Waals surface area contributed by atoms with Crippen LogP contribution < -0.4 is 0 Å². The highest BCUT2D eigenvalue weighted by atomic mass is 32.1. The van der Waals surface area contributed by atoms with Gasteiger partial charge >= 0.3 is 0 Å². The van der Waals surface area contributed by atoms with Crippen LogP contribution in [0.1, 0.15) is 18.5 Å². The minimum absolute atomic E-state index is 0.198. The predicted octanol–water partition coefficient (Wildman–Crippen LogP) is 2.37. The molecule has 0 spiro atoms. The van der Waals surface area contributed by atoms with Crippen molar-refractivity contribution in [2.24, 2.45) is 0 Å². The number of likely N-dealkylation sites (tertiary alicyclic amines) is 1. The van der Waals surface area contributed by atoms with E-state index in [1.807, 2.05) is 22.4 Å². The Labute approximate surface area is 116 Å². The summed E-state index contributed by atoms with van der Waals surface area (Å²) in [6.07, 6.45) is 6.19. The van der Waals surface area contributed by atoms with Gasteiger partial charge in [0.2, 0.25) is 5.91 Å². The van der Waals surface area contributed by atoms with E-state index in [4.69, 9.17) is 0 Å². The molecule has 5 heteroatoms. The van der Waals surface area contributed by atoms with Crippen LogP contribution in [0.3, 0.4) is 0 Å². The zero-order chi connectivity index (χ0) is 13.1. The van der Waals surface area contributed by atoms with Gasteiger partial charge in [0.25, 0.3) is 0 Å². The highest BCUT2D eigenvalue weighted by Gasteiger charge is 2.19. The first-order valence-corrected chi connectivity index (χ1v) is 7.33. The van der Waals surface area contributed by atoms with Gasteiger partial charge in [0, 0.05) is 36.4 Å². The Kier molecular flexibility index (Phi) is 3.55. The zero-order valence-corrected chi connectivity index (χ0v) is 11.4. The average Bonchev–Trinajstić information content (AvgIpc) is 3.11. The van der Waals surface area contributed by atoms with E-state index < -0.39 is 0 Å². The highest BCUT2D eigenvalue weighted by molar-refractivity contribution is 7.13. The van der Waals surface area contributed by atoms with Crippen LogP contribution in [0.2, 0.25) is 0 Å². The van der Waals surface area contributed by atoms with E-state index in [0.717, 1.165) is 42.2 Å². The monoisotopic (exact) mass is 273 g/mol. The summed E-state index contributed by atoms with van der Waals surface area (Å²) in [7, 11) is 0. The quantitative estimate of drug-likeness (QED) is 0.862. The van der Waals surface area contributed by atoms with E-state index in [1.165, 1.54) is 0 Å². The van der Waals surface area contributed by atoms with Crippen LogP contribution in [0.25, 0.3) is 10.6 Å². The molecule has 1 aliphatic heterocycles. The summed E-state index contributed by atoms with van der Waals surface area (Å²) in [6, 6.07) is 3.87. The summed E-state index contributed by atoms with van der Waals surface area (Å²) in [6.45, 7) is 1.81. The molecule has 1 aliphatic rings. The summed E-state index contributed by atoms with van der Waals surface area (Å²) in [5.41, 5.74) is 1.92. The van der Waals surface area contributed by atoms with Crippen molar-refractivity contribution < 1.29 is 4.79 Å². The molecule has 3 rings (SSSR count). The number of carbonyl (C=O) groups is 1. The van der Waals surface area contributed by atoms with Crippen LogP contribution in [-0.4, -0.2) is 33.9 Å². The molecule has 1 fully saturated rings. The summed E-state index contributed by atoms with van der Waals surface area (Å²) in [5.74, 6) is 0.198. The van der Waals surface area contributed by atoms with Gasteiger partial charge in [-0.1, -0.05) is 0 Å². The van der Waals surface area contributed by atoms with Crippen molar-refractivity contribution in [2.45, 2.75) is 19.3 Å². The van der Waals surface area contributed by atoms with E-state index in [9.17, 15) is 4.79 Å². The molecular weight excluding hydrogens is 258 g/mol. The van der Waals surface area contributed by atoms with E-state index >= 15 is 0 Å². The number of aromatic nitrogens is 2. The smallest absolute Gasteiger partial charge is 0.228 e. The molecular formula is C14H15N3OS. The van der Waals surface area contributed by atoms with Gasteiger partial charge in [-0.15, -0.1) is 11.3 Å². The molecule has 0 unspecified atom stereocenters. The van der Waals surface area contributed by atoms with Gasteiger partial charge < -0.3 is 4.90 Å². The molecule has 98 valence electrons. The normalized spacial score (nSPS) is 14.8. The first-order valence-electron chi connectivity index (χ1n) is 6.45. The van der Waals surface area contributed by atoms with Gasteiger partial charge in [0.1, 0.15) is 5.01 Å². The molecule has 0 bridgehead atoms. The Morgan fingerprint density at radius 1 is 1.26 bits per heavy atom. The average molecular weight is 273 g/mol. The third kappa shape index (κ3) is 2.81. The van der Waals surface area contributed by atoms with Crippen LogP contribution in [0.15, 0.2) is 29.9 Å². The van der Waals surface area contributed by atoms with E-state index in [-0.39, 0.29) is 5.91 Å². The minimum Gasteiger partial charge on any atom is -0.342 e. The van der Waals surface area contributed by atoms with Crippen LogP contribution >= 0.6 is 11.3 Å². The van der Waals surface area contributed by atoms with Crippen molar-refractivity contribution in [3.05, 3.63) is 35.6 Å². The number of pyridine rings is 1. The van der Waals surface area contributed by atoms with Crippen molar-refractivity contribution in [3.8, 4) is 10.6 Å². The topological polar surface area (TPSA) is 46.1 Å². The first-order chi connectivity index (χ1) is 9.33. The molecule has 2 aromatic rings. The maximum Gasteiger partial charge on any atom is 0.228 e. The summed E-state index contributed by atoms with van der Waals surface area (Å²) in [5, 5.41) is 2.93. The SMILES string of the molecule is O=C(Cc1csc(-c2ccncc2)n1)N1CCCC1. The standard InChI is InChI=1S/C14H15N3OS/c18-13(17-7-1-2-8-17)9-12-10-19-14(16-12)11-3-5-15-6-4-11/h3-6,10H,1-2,7-9H2. The molecule has 4 nitrogen and oxygen atoms in total. The molecule has 0 atom stereocenters. The number of hydrogen-bond donors (Lipinski definition) is 0. The predicted molar refractivity (Wildman–Crippen MR) is 74.9 cm³/mol. The summed E-state index contributed by atoms with van der Waals surface area (Å²) in [4.78, 5) is 22.5. The van der Waals surface area contributed by atoms with Crippen LogP contribution in [0, 0.1) is 0 Å². The zero-order valence-electron chi connectivity index (χ0n) is 10.6. The Hall–Kier alpha value is -1.75. The molecule has 0 saturated carbocycles. The maximum absolute atomic E-state index is 12.0. The Morgan fingerprint density at radius 3 is 2.74 bits per heavy atom. The number of rotatable bonds is 3. The number of amides is 1. The fourth-order valence-corrected chi connectivity index (χ4v) is 3.07. The lowest BCUT2D eigenvalue weighted by atomic mass is 10.3. The Morgan fingerprint density at radius 2 is 2.00 bits per heavy atom. The molecule has 0 radical (unpaired) electrons. The van der Waals surface area contributed by atoms with Gasteiger partial charge in [0.15, 0.2) is 0 Å². The number of nitrogens with zero attached hydrogens (tertiary/aromatic N) is 3. The maximum atomic E-state index is 12.0. The molecule has 19 heavy (non-hydrogen) atoms. The Balaban J connectivity index is 1.70. The summed E-state index contributed by atoms with van der Waals surface area (Å²) >= 11 is 1.58. The second kappa shape index (κ2) is 5.48. The van der Waals surface area contributed by atoms with Gasteiger partial charge in [-0.2, -0.15) is 0 Å². The molecule has 0 aromatic carbocycles.